The summed E-state index contributed by atoms with van der Waals surface area (Å²) in [6, 6.07) is 12.1. The predicted octanol–water partition coefficient (Wildman–Crippen LogP) is 7.54. The topological polar surface area (TPSA) is 63.7 Å². The van der Waals surface area contributed by atoms with Gasteiger partial charge in [-0.3, -0.25) is 0 Å². The predicted molar refractivity (Wildman–Crippen MR) is 141 cm³/mol. The Morgan fingerprint density at radius 3 is 2.33 bits per heavy atom. The van der Waals surface area contributed by atoms with E-state index in [1.807, 2.05) is 6.07 Å². The van der Waals surface area contributed by atoms with Crippen molar-refractivity contribution in [2.75, 3.05) is 11.4 Å². The maximum absolute atomic E-state index is 16.5. The number of rotatable bonds is 7. The third kappa shape index (κ3) is 4.57. The summed E-state index contributed by atoms with van der Waals surface area (Å²) < 4.78 is 94.1. The van der Waals surface area contributed by atoms with Crippen molar-refractivity contribution in [1.82, 2.24) is 0 Å². The summed E-state index contributed by atoms with van der Waals surface area (Å²) in [4.78, 5) is 11.5. The Hall–Kier alpha value is -3.44. The lowest BCUT2D eigenvalue weighted by Crippen LogP contribution is -2.34. The van der Waals surface area contributed by atoms with E-state index >= 15 is 8.78 Å². The summed E-state index contributed by atoms with van der Waals surface area (Å²) in [5.74, 6) is -5.11. The third-order valence-corrected chi connectivity index (χ3v) is 10.1. The Balaban J connectivity index is 1.75. The number of hydrogen-bond donors (Lipinski definition) is 0. The van der Waals surface area contributed by atoms with Crippen LogP contribution in [0.15, 0.2) is 59.5 Å². The first kappa shape index (κ1) is 27.1. The molecule has 1 heterocycles. The van der Waals surface area contributed by atoms with Crippen LogP contribution in [0.1, 0.15) is 58.5 Å². The average molecular weight is 578 g/mol. The van der Waals surface area contributed by atoms with Crippen molar-refractivity contribution < 1.29 is 35.5 Å². The van der Waals surface area contributed by atoms with E-state index in [9.17, 15) is 22.0 Å². The monoisotopic (exact) mass is 577 g/mol. The fourth-order valence-corrected chi connectivity index (χ4v) is 7.69. The smallest absolute Gasteiger partial charge is 0.337 e. The Morgan fingerprint density at radius 2 is 1.72 bits per heavy atom. The molecule has 0 spiro atoms. The molecule has 1 unspecified atom stereocenters. The maximum atomic E-state index is 16.5. The summed E-state index contributed by atoms with van der Waals surface area (Å²) in [6.07, 6.45) is -0.307. The van der Waals surface area contributed by atoms with Crippen molar-refractivity contribution in [3.05, 3.63) is 94.3 Å². The van der Waals surface area contributed by atoms with Gasteiger partial charge in [0.1, 0.15) is 10.8 Å². The summed E-state index contributed by atoms with van der Waals surface area (Å²) in [7, 11) is -3.59. The van der Waals surface area contributed by atoms with E-state index in [0.29, 0.717) is 20.6 Å². The molecule has 0 bridgehead atoms. The molecule has 39 heavy (non-hydrogen) atoms. The van der Waals surface area contributed by atoms with E-state index in [4.69, 9.17) is 0 Å². The number of carbonyl (C=O) groups excluding carboxylic acids is 1. The Labute approximate surface area is 226 Å². The lowest BCUT2D eigenvalue weighted by atomic mass is 9.79. The van der Waals surface area contributed by atoms with Crippen molar-refractivity contribution in [2.45, 2.75) is 43.3 Å². The van der Waals surface area contributed by atoms with Crippen molar-refractivity contribution in [3.8, 4) is 0 Å². The molecule has 4 aromatic rings. The first-order chi connectivity index (χ1) is 18.6. The number of fused-ring (bicyclic) bond motifs is 1. The number of benzene rings is 3. The molecule has 1 aliphatic carbocycles. The van der Waals surface area contributed by atoms with Crippen LogP contribution in [0.3, 0.4) is 0 Å². The zero-order valence-electron chi connectivity index (χ0n) is 20.9. The molecular weight excluding hydrogens is 554 g/mol. The molecule has 204 valence electrons. The molecule has 0 radical (unpaired) electrons. The standard InChI is InChI=1S/C28H23F4NO4S2/c1-15-24(30)20(14-21(29)25(15)31)26(32)33(39(35,36)18-12-10-17(11-13-18)28(34)37-2)27-23(16-6-5-7-16)19-8-3-4-9-22(19)38-27/h3-4,8-14,16,26H,5-7H2,1-2H3. The van der Waals surface area contributed by atoms with Crippen LogP contribution in [0.4, 0.5) is 22.6 Å². The molecule has 1 aliphatic rings. The van der Waals surface area contributed by atoms with Gasteiger partial charge in [-0.2, -0.15) is 0 Å². The van der Waals surface area contributed by atoms with E-state index in [0.717, 1.165) is 55.0 Å². The first-order valence-corrected chi connectivity index (χ1v) is 14.3. The van der Waals surface area contributed by atoms with Gasteiger partial charge in [0.25, 0.3) is 10.0 Å². The number of nitrogens with zero attached hydrogens (tertiary/aromatic N) is 1. The number of halogens is 4. The number of esters is 1. The normalized spacial score (nSPS) is 14.7. The number of methoxy groups -OCH3 is 1. The zero-order chi connectivity index (χ0) is 28.1. The molecule has 5 rings (SSSR count). The fraction of sp³-hybridized carbons (Fsp3) is 0.250. The van der Waals surface area contributed by atoms with Gasteiger partial charge in [0.15, 0.2) is 11.6 Å². The van der Waals surface area contributed by atoms with Crippen molar-refractivity contribution in [2.24, 2.45) is 0 Å². The van der Waals surface area contributed by atoms with E-state index in [1.165, 1.54) is 19.2 Å². The summed E-state index contributed by atoms with van der Waals surface area (Å²) >= 11 is 1.03. The minimum absolute atomic E-state index is 0.0345. The average Bonchev–Trinajstić information content (AvgIpc) is 3.26. The van der Waals surface area contributed by atoms with Crippen LogP contribution < -0.4 is 4.31 Å². The van der Waals surface area contributed by atoms with Crippen LogP contribution >= 0.6 is 11.3 Å². The lowest BCUT2D eigenvalue weighted by Gasteiger charge is -2.32. The van der Waals surface area contributed by atoms with Gasteiger partial charge in [0, 0.05) is 15.8 Å². The van der Waals surface area contributed by atoms with Gasteiger partial charge in [-0.1, -0.05) is 24.6 Å². The molecule has 5 nitrogen and oxygen atoms in total. The molecule has 11 heteroatoms. The quantitative estimate of drug-likeness (QED) is 0.0985. The van der Waals surface area contributed by atoms with E-state index in [1.54, 1.807) is 18.2 Å². The van der Waals surface area contributed by atoms with Gasteiger partial charge in [-0.15, -0.1) is 11.3 Å². The largest absolute Gasteiger partial charge is 0.465 e. The van der Waals surface area contributed by atoms with Crippen LogP contribution in [0.25, 0.3) is 10.1 Å². The highest BCUT2D eigenvalue weighted by molar-refractivity contribution is 7.93. The summed E-state index contributed by atoms with van der Waals surface area (Å²) in [5.41, 5.74) is -1.03. The van der Waals surface area contributed by atoms with E-state index in [2.05, 4.69) is 4.74 Å². The Bertz CT molecular complexity index is 1680. The number of thiophene rings is 1. The number of carbonyl (C=O) groups is 1. The fourth-order valence-electron chi connectivity index (χ4n) is 4.69. The first-order valence-electron chi connectivity index (χ1n) is 12.1. The highest BCUT2D eigenvalue weighted by Crippen LogP contribution is 2.52. The van der Waals surface area contributed by atoms with Gasteiger partial charge in [0.05, 0.1) is 17.6 Å². The van der Waals surface area contributed by atoms with Crippen LogP contribution in [0, 0.1) is 24.4 Å². The second kappa shape index (κ2) is 10.3. The van der Waals surface area contributed by atoms with Gasteiger partial charge in [0.2, 0.25) is 6.30 Å². The molecule has 0 N–H and O–H groups in total. The minimum Gasteiger partial charge on any atom is -0.465 e. The molecule has 0 amide bonds. The third-order valence-electron chi connectivity index (χ3n) is 7.03. The number of sulfonamides is 1. The van der Waals surface area contributed by atoms with Crippen molar-refractivity contribution >= 4 is 42.4 Å². The highest BCUT2D eigenvalue weighted by Gasteiger charge is 2.40. The van der Waals surface area contributed by atoms with Crippen LogP contribution in [0.2, 0.25) is 0 Å². The molecule has 1 fully saturated rings. The highest BCUT2D eigenvalue weighted by atomic mass is 32.2. The van der Waals surface area contributed by atoms with Crippen LogP contribution in [-0.2, 0) is 14.8 Å². The molecule has 1 aromatic heterocycles. The summed E-state index contributed by atoms with van der Waals surface area (Å²) in [6.45, 7) is 0.952. The minimum atomic E-state index is -4.76. The zero-order valence-corrected chi connectivity index (χ0v) is 22.5. The Kier molecular flexibility index (Phi) is 7.15. The SMILES string of the molecule is COC(=O)c1ccc(S(=O)(=O)N(c2sc3ccccc3c2C2CCC2)C(F)c2cc(F)c(F)c(C)c2F)cc1. The van der Waals surface area contributed by atoms with Gasteiger partial charge in [-0.05, 0) is 73.0 Å². The van der Waals surface area contributed by atoms with Gasteiger partial charge >= 0.3 is 5.97 Å². The van der Waals surface area contributed by atoms with Crippen molar-refractivity contribution in [1.29, 1.82) is 0 Å². The van der Waals surface area contributed by atoms with Crippen LogP contribution in [-0.4, -0.2) is 21.5 Å². The number of hydrogen-bond acceptors (Lipinski definition) is 5. The molecular formula is C28H23F4NO4S2. The molecule has 1 saturated carbocycles. The van der Waals surface area contributed by atoms with E-state index in [-0.39, 0.29) is 21.4 Å². The molecule has 0 saturated heterocycles. The molecule has 0 aliphatic heterocycles. The molecule has 3 aromatic carbocycles. The van der Waals surface area contributed by atoms with Gasteiger partial charge in [-0.25, -0.2) is 35.1 Å². The number of anilines is 1. The second-order valence-corrected chi connectivity index (χ2v) is 12.1. The maximum Gasteiger partial charge on any atom is 0.337 e. The molecule has 1 atom stereocenters. The Morgan fingerprint density at radius 1 is 1.05 bits per heavy atom. The number of alkyl halides is 1. The van der Waals surface area contributed by atoms with Crippen molar-refractivity contribution in [3.63, 3.8) is 0 Å². The van der Waals surface area contributed by atoms with Crippen LogP contribution in [0.5, 0.6) is 0 Å². The summed E-state index contributed by atoms with van der Waals surface area (Å²) in [5, 5.41) is 0.782. The van der Waals surface area contributed by atoms with Gasteiger partial charge < -0.3 is 4.74 Å². The lowest BCUT2D eigenvalue weighted by molar-refractivity contribution is 0.0600. The second-order valence-electron chi connectivity index (χ2n) is 9.30. The van der Waals surface area contributed by atoms with E-state index < -0.39 is 50.9 Å². The number of ether oxygens (including phenoxy) is 1.